The van der Waals surface area contributed by atoms with Gasteiger partial charge in [0.25, 0.3) is 5.91 Å². The van der Waals surface area contributed by atoms with Crippen molar-refractivity contribution in [2.75, 3.05) is 13.1 Å². The number of para-hydroxylation sites is 1. The summed E-state index contributed by atoms with van der Waals surface area (Å²) < 4.78 is 1.70. The number of benzene rings is 3. The highest BCUT2D eigenvalue weighted by molar-refractivity contribution is 6.35. The van der Waals surface area contributed by atoms with E-state index in [0.717, 1.165) is 42.8 Å². The molecule has 0 unspecified atom stereocenters. The SMILES string of the molecule is Cc1c(C(=O)NN2CCCCC2)nn(-c2ccc(Cl)cc2Cl)c1-c1ccc(Cl)cc1.O=C(O)c1ccccc1O. The van der Waals surface area contributed by atoms with Crippen molar-refractivity contribution in [3.63, 3.8) is 0 Å². The molecule has 5 rings (SSSR count). The van der Waals surface area contributed by atoms with E-state index in [1.165, 1.54) is 18.6 Å². The highest BCUT2D eigenvalue weighted by atomic mass is 35.5. The standard InChI is InChI=1S/C22H21Cl3N4O.C7H6O3/c1-14-20(22(30)27-28-11-3-2-4-12-28)26-29(19-10-9-17(24)13-18(19)25)21(14)15-5-7-16(23)8-6-15;8-6-4-2-1-3-5(6)7(9)10/h5-10,13H,2-4,11-12H2,1H3,(H,27,30);1-4,8H,(H,9,10). The van der Waals surface area contributed by atoms with Crippen molar-refractivity contribution < 1.29 is 19.8 Å². The van der Waals surface area contributed by atoms with E-state index in [1.807, 2.05) is 36.2 Å². The van der Waals surface area contributed by atoms with Crippen LogP contribution in [0.5, 0.6) is 5.75 Å². The number of halogens is 3. The lowest BCUT2D eigenvalue weighted by Gasteiger charge is -2.26. The second kappa shape index (κ2) is 13.2. The first-order valence-electron chi connectivity index (χ1n) is 12.5. The van der Waals surface area contributed by atoms with E-state index in [2.05, 4.69) is 10.5 Å². The number of hydrazine groups is 1. The van der Waals surface area contributed by atoms with Crippen LogP contribution in [-0.4, -0.2) is 50.0 Å². The maximum Gasteiger partial charge on any atom is 0.339 e. The summed E-state index contributed by atoms with van der Waals surface area (Å²) in [6.45, 7) is 3.58. The van der Waals surface area contributed by atoms with Crippen LogP contribution < -0.4 is 5.43 Å². The van der Waals surface area contributed by atoms with Gasteiger partial charge in [-0.25, -0.2) is 14.5 Å². The number of nitrogens with zero attached hydrogens (tertiary/aromatic N) is 3. The van der Waals surface area contributed by atoms with Gasteiger partial charge in [0, 0.05) is 34.3 Å². The first kappa shape index (κ1) is 29.4. The third-order valence-electron chi connectivity index (χ3n) is 6.34. The molecule has 1 fully saturated rings. The average molecular weight is 602 g/mol. The lowest BCUT2D eigenvalue weighted by molar-refractivity contribution is 0.0692. The van der Waals surface area contributed by atoms with Gasteiger partial charge in [-0.2, -0.15) is 5.10 Å². The predicted molar refractivity (Wildman–Crippen MR) is 157 cm³/mol. The van der Waals surface area contributed by atoms with Gasteiger partial charge in [-0.15, -0.1) is 0 Å². The molecule has 0 spiro atoms. The first-order valence-corrected chi connectivity index (χ1v) is 13.7. The largest absolute Gasteiger partial charge is 0.507 e. The number of carboxylic acids is 1. The van der Waals surface area contributed by atoms with Gasteiger partial charge >= 0.3 is 5.97 Å². The number of aromatic hydroxyl groups is 1. The van der Waals surface area contributed by atoms with Crippen molar-refractivity contribution in [3.8, 4) is 22.7 Å². The minimum Gasteiger partial charge on any atom is -0.507 e. The fraction of sp³-hybridized carbons (Fsp3) is 0.207. The van der Waals surface area contributed by atoms with Crippen LogP contribution in [0, 0.1) is 6.92 Å². The number of hydrogen-bond acceptors (Lipinski definition) is 5. The second-order valence-electron chi connectivity index (χ2n) is 9.15. The van der Waals surface area contributed by atoms with Crippen LogP contribution in [0.4, 0.5) is 0 Å². The molecule has 8 nitrogen and oxygen atoms in total. The van der Waals surface area contributed by atoms with Gasteiger partial charge in [0.15, 0.2) is 5.69 Å². The number of aromatic nitrogens is 2. The molecule has 3 aromatic carbocycles. The smallest absolute Gasteiger partial charge is 0.339 e. The molecular formula is C29H27Cl3N4O4. The number of carbonyl (C=O) groups excluding carboxylic acids is 1. The van der Waals surface area contributed by atoms with Crippen molar-refractivity contribution in [1.29, 1.82) is 0 Å². The topological polar surface area (TPSA) is 108 Å². The molecule has 11 heteroatoms. The zero-order valence-corrected chi connectivity index (χ0v) is 23.8. The number of carbonyl (C=O) groups is 2. The Balaban J connectivity index is 0.000000312. The van der Waals surface area contributed by atoms with Gasteiger partial charge in [-0.1, -0.05) is 65.5 Å². The van der Waals surface area contributed by atoms with E-state index < -0.39 is 5.97 Å². The van der Waals surface area contributed by atoms with Crippen LogP contribution in [0.25, 0.3) is 16.9 Å². The van der Waals surface area contributed by atoms with Gasteiger partial charge in [0.1, 0.15) is 11.3 Å². The number of nitrogens with one attached hydrogen (secondary N) is 1. The van der Waals surface area contributed by atoms with Gasteiger partial charge in [-0.3, -0.25) is 10.2 Å². The predicted octanol–water partition coefficient (Wildman–Crippen LogP) is 7.03. The molecule has 1 aliphatic heterocycles. The molecule has 208 valence electrons. The number of carboxylic acid groups (broad SMARTS) is 1. The first-order chi connectivity index (χ1) is 19.2. The summed E-state index contributed by atoms with van der Waals surface area (Å²) in [4.78, 5) is 23.3. The van der Waals surface area contributed by atoms with E-state index in [4.69, 9.17) is 45.0 Å². The van der Waals surface area contributed by atoms with E-state index in [0.29, 0.717) is 26.4 Å². The highest BCUT2D eigenvalue weighted by Crippen LogP contribution is 2.33. The van der Waals surface area contributed by atoms with Gasteiger partial charge in [0.05, 0.1) is 16.4 Å². The molecule has 1 aromatic heterocycles. The van der Waals surface area contributed by atoms with Crippen LogP contribution in [-0.2, 0) is 0 Å². The molecule has 1 aliphatic rings. The Bertz CT molecular complexity index is 1520. The molecule has 3 N–H and O–H groups in total. The molecule has 1 saturated heterocycles. The summed E-state index contributed by atoms with van der Waals surface area (Å²) >= 11 is 18.6. The Labute approximate surface area is 246 Å². The van der Waals surface area contributed by atoms with Crippen LogP contribution in [0.2, 0.25) is 15.1 Å². The summed E-state index contributed by atoms with van der Waals surface area (Å²) in [5.41, 5.74) is 6.35. The summed E-state index contributed by atoms with van der Waals surface area (Å²) in [6, 6.07) is 18.4. The Morgan fingerprint density at radius 2 is 1.55 bits per heavy atom. The van der Waals surface area contributed by atoms with E-state index in [9.17, 15) is 9.59 Å². The number of hydrogen-bond donors (Lipinski definition) is 3. The highest BCUT2D eigenvalue weighted by Gasteiger charge is 2.25. The molecule has 0 aliphatic carbocycles. The number of aromatic carboxylic acids is 1. The van der Waals surface area contributed by atoms with Crippen molar-refractivity contribution >= 4 is 46.7 Å². The molecule has 0 saturated carbocycles. The van der Waals surface area contributed by atoms with Gasteiger partial charge < -0.3 is 10.2 Å². The molecular weight excluding hydrogens is 575 g/mol. The lowest BCUT2D eigenvalue weighted by Crippen LogP contribution is -2.45. The second-order valence-corrected chi connectivity index (χ2v) is 10.4. The van der Waals surface area contributed by atoms with E-state index >= 15 is 0 Å². The Morgan fingerprint density at radius 3 is 2.15 bits per heavy atom. The molecule has 0 bridgehead atoms. The molecule has 4 aromatic rings. The third-order valence-corrected chi connectivity index (χ3v) is 7.13. The lowest BCUT2D eigenvalue weighted by atomic mass is 10.1. The van der Waals surface area contributed by atoms with Crippen molar-refractivity contribution in [2.45, 2.75) is 26.2 Å². The minimum atomic E-state index is -1.11. The third kappa shape index (κ3) is 6.95. The van der Waals surface area contributed by atoms with Crippen molar-refractivity contribution in [1.82, 2.24) is 20.2 Å². The van der Waals surface area contributed by atoms with Gasteiger partial charge in [-0.05, 0) is 62.2 Å². The summed E-state index contributed by atoms with van der Waals surface area (Å²) in [6.07, 6.45) is 3.34. The normalized spacial score (nSPS) is 13.3. The number of amides is 1. The Hall–Kier alpha value is -3.56. The van der Waals surface area contributed by atoms with Crippen LogP contribution in [0.3, 0.4) is 0 Å². The quantitative estimate of drug-likeness (QED) is 0.227. The number of piperidine rings is 1. The van der Waals surface area contributed by atoms with Crippen molar-refractivity contribution in [3.05, 3.63) is 98.6 Å². The summed E-state index contributed by atoms with van der Waals surface area (Å²) in [5.74, 6) is -1.54. The summed E-state index contributed by atoms with van der Waals surface area (Å²) in [7, 11) is 0. The fourth-order valence-corrected chi connectivity index (χ4v) is 4.96. The van der Waals surface area contributed by atoms with Crippen LogP contribution in [0.1, 0.15) is 45.7 Å². The molecule has 40 heavy (non-hydrogen) atoms. The van der Waals surface area contributed by atoms with Crippen molar-refractivity contribution in [2.24, 2.45) is 0 Å². The zero-order chi connectivity index (χ0) is 28.8. The van der Waals surface area contributed by atoms with E-state index in [-0.39, 0.29) is 17.2 Å². The average Bonchev–Trinajstić information content (AvgIpc) is 3.27. The molecule has 0 atom stereocenters. The summed E-state index contributed by atoms with van der Waals surface area (Å²) in [5, 5.41) is 25.5. The van der Waals surface area contributed by atoms with Gasteiger partial charge in [0.2, 0.25) is 0 Å². The molecule has 2 heterocycles. The minimum absolute atomic E-state index is 0.0671. The Kier molecular flexibility index (Phi) is 9.71. The Morgan fingerprint density at radius 1 is 0.900 bits per heavy atom. The van der Waals surface area contributed by atoms with Crippen LogP contribution >= 0.6 is 34.8 Å². The maximum atomic E-state index is 13.1. The zero-order valence-electron chi connectivity index (χ0n) is 21.6. The number of phenols is 1. The number of rotatable bonds is 5. The van der Waals surface area contributed by atoms with E-state index in [1.54, 1.807) is 35.0 Å². The monoisotopic (exact) mass is 600 g/mol. The fourth-order valence-electron chi connectivity index (χ4n) is 4.34. The molecule has 1 amide bonds. The van der Waals surface area contributed by atoms with Crippen LogP contribution in [0.15, 0.2) is 66.7 Å². The molecule has 0 radical (unpaired) electrons. The maximum absolute atomic E-state index is 13.1.